The van der Waals surface area contributed by atoms with Gasteiger partial charge in [-0.15, -0.1) is 0 Å². The van der Waals surface area contributed by atoms with Crippen molar-refractivity contribution in [3.8, 4) is 5.75 Å². The number of carbonyl (C=O) groups is 1. The number of halogens is 1. The summed E-state index contributed by atoms with van der Waals surface area (Å²) in [6.07, 6.45) is 5.32. The monoisotopic (exact) mass is 374 g/mol. The third-order valence-electron chi connectivity index (χ3n) is 4.04. The average molecular weight is 375 g/mol. The van der Waals surface area contributed by atoms with Crippen molar-refractivity contribution in [2.45, 2.75) is 25.8 Å². The van der Waals surface area contributed by atoms with Crippen LogP contribution in [0.15, 0.2) is 47.2 Å². The molecule has 1 saturated heterocycles. The first kappa shape index (κ1) is 16.0. The second-order valence-electron chi connectivity index (χ2n) is 5.55. The van der Waals surface area contributed by atoms with Gasteiger partial charge in [0, 0.05) is 23.4 Å². The summed E-state index contributed by atoms with van der Waals surface area (Å²) in [4.78, 5) is 18.8. The van der Waals surface area contributed by atoms with Crippen LogP contribution in [0.2, 0.25) is 0 Å². The Balaban J connectivity index is 1.81. The van der Waals surface area contributed by atoms with Gasteiger partial charge in [0.2, 0.25) is 0 Å². The van der Waals surface area contributed by atoms with Crippen LogP contribution in [0.3, 0.4) is 0 Å². The molecule has 1 aromatic heterocycles. The minimum atomic E-state index is 0.0372. The highest BCUT2D eigenvalue weighted by Crippen LogP contribution is 2.34. The summed E-state index contributed by atoms with van der Waals surface area (Å²) < 4.78 is 6.31. The molecule has 0 N–H and O–H groups in total. The van der Waals surface area contributed by atoms with Gasteiger partial charge >= 0.3 is 0 Å². The molecule has 23 heavy (non-hydrogen) atoms. The van der Waals surface area contributed by atoms with Crippen molar-refractivity contribution in [1.82, 2.24) is 9.88 Å². The predicted molar refractivity (Wildman–Crippen MR) is 92.6 cm³/mol. The zero-order chi connectivity index (χ0) is 16.2. The van der Waals surface area contributed by atoms with Gasteiger partial charge in [0.05, 0.1) is 18.2 Å². The molecule has 0 saturated carbocycles. The topological polar surface area (TPSA) is 42.4 Å². The molecule has 1 amide bonds. The zero-order valence-electron chi connectivity index (χ0n) is 13.0. The van der Waals surface area contributed by atoms with E-state index in [1.807, 2.05) is 30.0 Å². The highest BCUT2D eigenvalue weighted by Gasteiger charge is 2.30. The minimum Gasteiger partial charge on any atom is -0.494 e. The minimum absolute atomic E-state index is 0.0372. The number of aromatic nitrogens is 1. The van der Waals surface area contributed by atoms with Crippen molar-refractivity contribution in [2.75, 3.05) is 13.2 Å². The number of carbonyl (C=O) groups excluding carboxylic acids is 1. The molecule has 120 valence electrons. The van der Waals surface area contributed by atoms with Gasteiger partial charge in [-0.25, -0.2) is 0 Å². The van der Waals surface area contributed by atoms with Crippen LogP contribution in [0.1, 0.15) is 41.7 Å². The van der Waals surface area contributed by atoms with Crippen LogP contribution in [-0.2, 0) is 0 Å². The summed E-state index contributed by atoms with van der Waals surface area (Å²) in [6, 6.07) is 10.0. The third-order valence-corrected chi connectivity index (χ3v) is 4.48. The number of hydrogen-bond acceptors (Lipinski definition) is 3. The van der Waals surface area contributed by atoms with Crippen molar-refractivity contribution in [2.24, 2.45) is 0 Å². The van der Waals surface area contributed by atoms with Crippen LogP contribution in [0.4, 0.5) is 0 Å². The summed E-state index contributed by atoms with van der Waals surface area (Å²) in [7, 11) is 0. The van der Waals surface area contributed by atoms with Gasteiger partial charge in [-0.2, -0.15) is 0 Å². The highest BCUT2D eigenvalue weighted by molar-refractivity contribution is 9.10. The Morgan fingerprint density at radius 1 is 1.35 bits per heavy atom. The smallest absolute Gasteiger partial charge is 0.255 e. The van der Waals surface area contributed by atoms with E-state index in [-0.39, 0.29) is 11.9 Å². The van der Waals surface area contributed by atoms with Crippen LogP contribution in [0.25, 0.3) is 0 Å². The lowest BCUT2D eigenvalue weighted by Gasteiger charge is -2.25. The second kappa shape index (κ2) is 7.13. The van der Waals surface area contributed by atoms with E-state index in [0.717, 1.165) is 35.2 Å². The largest absolute Gasteiger partial charge is 0.494 e. The molecule has 0 spiro atoms. The lowest BCUT2D eigenvalue weighted by molar-refractivity contribution is 0.0735. The lowest BCUT2D eigenvalue weighted by Crippen LogP contribution is -2.30. The van der Waals surface area contributed by atoms with E-state index >= 15 is 0 Å². The first-order valence-corrected chi connectivity index (χ1v) is 8.62. The van der Waals surface area contributed by atoms with Crippen LogP contribution in [0, 0.1) is 0 Å². The molecule has 1 aromatic carbocycles. The molecule has 5 heteroatoms. The molecular formula is C18H19BrN2O2. The maximum absolute atomic E-state index is 12.8. The molecule has 0 aliphatic carbocycles. The van der Waals surface area contributed by atoms with Gasteiger partial charge in [0.15, 0.2) is 0 Å². The predicted octanol–water partition coefficient (Wildman–Crippen LogP) is 4.22. The number of amides is 1. The summed E-state index contributed by atoms with van der Waals surface area (Å²) in [5, 5.41) is 0. The van der Waals surface area contributed by atoms with Crippen LogP contribution >= 0.6 is 15.9 Å². The lowest BCUT2D eigenvalue weighted by atomic mass is 10.0. The van der Waals surface area contributed by atoms with Crippen LogP contribution < -0.4 is 4.74 Å². The van der Waals surface area contributed by atoms with E-state index in [0.29, 0.717) is 12.2 Å². The number of benzene rings is 1. The molecule has 1 fully saturated rings. The maximum Gasteiger partial charge on any atom is 0.255 e. The van der Waals surface area contributed by atoms with E-state index < -0.39 is 0 Å². The summed E-state index contributed by atoms with van der Waals surface area (Å²) in [6.45, 7) is 3.41. The van der Waals surface area contributed by atoms with E-state index in [4.69, 9.17) is 4.74 Å². The SMILES string of the molecule is CCOc1ccc(C2CCCN2C(=O)c2cncc(Br)c2)cc1. The number of hydrogen-bond donors (Lipinski definition) is 0. The van der Waals surface area contributed by atoms with Crippen molar-refractivity contribution < 1.29 is 9.53 Å². The molecule has 4 nitrogen and oxygen atoms in total. The standard InChI is InChI=1S/C18H19BrN2O2/c1-2-23-16-7-5-13(6-8-16)17-4-3-9-21(17)18(22)14-10-15(19)12-20-11-14/h5-8,10-12,17H,2-4,9H2,1H3. The molecule has 3 rings (SSSR count). The van der Waals surface area contributed by atoms with Crippen LogP contribution in [-0.4, -0.2) is 28.9 Å². The first-order valence-electron chi connectivity index (χ1n) is 7.83. The first-order chi connectivity index (χ1) is 11.2. The fourth-order valence-electron chi connectivity index (χ4n) is 3.00. The Morgan fingerprint density at radius 2 is 2.13 bits per heavy atom. The summed E-state index contributed by atoms with van der Waals surface area (Å²) >= 11 is 3.37. The van der Waals surface area contributed by atoms with Crippen molar-refractivity contribution >= 4 is 21.8 Å². The number of nitrogens with zero attached hydrogens (tertiary/aromatic N) is 2. The number of pyridine rings is 1. The molecule has 1 atom stereocenters. The number of likely N-dealkylation sites (tertiary alicyclic amines) is 1. The number of ether oxygens (including phenoxy) is 1. The molecule has 2 aromatic rings. The third kappa shape index (κ3) is 3.55. The average Bonchev–Trinajstić information content (AvgIpc) is 3.05. The molecule has 0 bridgehead atoms. The molecule has 0 radical (unpaired) electrons. The molecule has 2 heterocycles. The van der Waals surface area contributed by atoms with Crippen molar-refractivity contribution in [1.29, 1.82) is 0 Å². The Morgan fingerprint density at radius 3 is 2.83 bits per heavy atom. The second-order valence-corrected chi connectivity index (χ2v) is 6.47. The van der Waals surface area contributed by atoms with Crippen LogP contribution in [0.5, 0.6) is 5.75 Å². The van der Waals surface area contributed by atoms with Crippen molar-refractivity contribution in [3.05, 3.63) is 58.3 Å². The van der Waals surface area contributed by atoms with E-state index in [9.17, 15) is 4.79 Å². The highest BCUT2D eigenvalue weighted by atomic mass is 79.9. The Kier molecular flexibility index (Phi) is 4.96. The Bertz CT molecular complexity index is 688. The van der Waals surface area contributed by atoms with E-state index in [1.54, 1.807) is 12.4 Å². The Labute approximate surface area is 144 Å². The fraction of sp³-hybridized carbons (Fsp3) is 0.333. The van der Waals surface area contributed by atoms with Crippen molar-refractivity contribution in [3.63, 3.8) is 0 Å². The van der Waals surface area contributed by atoms with E-state index in [1.165, 1.54) is 0 Å². The van der Waals surface area contributed by atoms with Gasteiger partial charge in [0.25, 0.3) is 5.91 Å². The van der Waals surface area contributed by atoms with Gasteiger partial charge in [-0.3, -0.25) is 9.78 Å². The summed E-state index contributed by atoms with van der Waals surface area (Å²) in [5.74, 6) is 0.901. The van der Waals surface area contributed by atoms with E-state index in [2.05, 4.69) is 33.0 Å². The molecular weight excluding hydrogens is 356 g/mol. The van der Waals surface area contributed by atoms with Gasteiger partial charge < -0.3 is 9.64 Å². The zero-order valence-corrected chi connectivity index (χ0v) is 14.6. The maximum atomic E-state index is 12.8. The molecule has 1 aliphatic heterocycles. The summed E-state index contributed by atoms with van der Waals surface area (Å²) in [5.41, 5.74) is 1.78. The van der Waals surface area contributed by atoms with Gasteiger partial charge in [-0.1, -0.05) is 12.1 Å². The Hall–Kier alpha value is -1.88. The quantitative estimate of drug-likeness (QED) is 0.804. The molecule has 1 unspecified atom stereocenters. The molecule has 1 aliphatic rings. The normalized spacial score (nSPS) is 17.3. The number of rotatable bonds is 4. The van der Waals surface area contributed by atoms with Gasteiger partial charge in [-0.05, 0) is 59.5 Å². The van der Waals surface area contributed by atoms with Gasteiger partial charge in [0.1, 0.15) is 5.75 Å². The fourth-order valence-corrected chi connectivity index (χ4v) is 3.37.